The molecule has 0 aromatic heterocycles. The van der Waals surface area contributed by atoms with E-state index in [0.717, 1.165) is 12.8 Å². The largest absolute Gasteiger partial charge is 0.389 e. The van der Waals surface area contributed by atoms with Crippen molar-refractivity contribution in [2.24, 2.45) is 5.73 Å². The minimum absolute atomic E-state index is 0.0468. The molecule has 1 aliphatic rings. The lowest BCUT2D eigenvalue weighted by Crippen LogP contribution is -2.62. The molecule has 1 aliphatic heterocycles. The molecular formula is C20H31ClN4O3. The number of carbonyl (C=O) groups excluding carboxylic acids is 2. The van der Waals surface area contributed by atoms with Crippen molar-refractivity contribution in [2.75, 3.05) is 25.0 Å². The van der Waals surface area contributed by atoms with Crippen molar-refractivity contribution in [3.05, 3.63) is 28.8 Å². The molecule has 4 N–H and O–H groups in total. The number of carbonyl (C=O) groups is 2. The quantitative estimate of drug-likeness (QED) is 0.671. The summed E-state index contributed by atoms with van der Waals surface area (Å²) in [4.78, 5) is 28.4. The molecular weight excluding hydrogens is 380 g/mol. The number of urea groups is 1. The highest BCUT2D eigenvalue weighted by molar-refractivity contribution is 6.34. The summed E-state index contributed by atoms with van der Waals surface area (Å²) in [6.45, 7) is 9.63. The van der Waals surface area contributed by atoms with E-state index in [0.29, 0.717) is 25.3 Å². The van der Waals surface area contributed by atoms with Gasteiger partial charge in [-0.2, -0.15) is 0 Å². The fourth-order valence-corrected chi connectivity index (χ4v) is 3.95. The number of primary amides is 1. The number of nitrogens with one attached hydrogen (secondary N) is 1. The van der Waals surface area contributed by atoms with E-state index < -0.39 is 11.5 Å². The van der Waals surface area contributed by atoms with Crippen LogP contribution in [0.15, 0.2) is 18.2 Å². The van der Waals surface area contributed by atoms with Crippen LogP contribution in [0, 0.1) is 0 Å². The van der Waals surface area contributed by atoms with Gasteiger partial charge in [-0.25, -0.2) is 4.79 Å². The number of hydrogen-bond donors (Lipinski definition) is 3. The van der Waals surface area contributed by atoms with Gasteiger partial charge in [-0.05, 0) is 44.9 Å². The van der Waals surface area contributed by atoms with Gasteiger partial charge in [0.05, 0.1) is 16.2 Å². The Bertz CT molecular complexity index is 720. The maximum atomic E-state index is 12.9. The molecule has 28 heavy (non-hydrogen) atoms. The van der Waals surface area contributed by atoms with Crippen molar-refractivity contribution in [1.29, 1.82) is 0 Å². The van der Waals surface area contributed by atoms with Gasteiger partial charge in [0.2, 0.25) is 5.91 Å². The molecule has 1 aromatic carbocycles. The Balaban J connectivity index is 2.13. The second kappa shape index (κ2) is 9.11. The molecule has 156 valence electrons. The number of β-amino-alcohol motifs (C(OH)–C–C–N with tert-alkyl or cyclic N) is 1. The SMILES string of the molecule is CC[C@H]1CN(C(=O)Nc2ccc(C(N)=O)c(Cl)c2)[C@@H](CC)CN1CC(C)(C)O. The Morgan fingerprint density at radius 2 is 1.89 bits per heavy atom. The van der Waals surface area contributed by atoms with Crippen LogP contribution in [0.4, 0.5) is 10.5 Å². The second-order valence-corrected chi connectivity index (χ2v) is 8.41. The Morgan fingerprint density at radius 3 is 2.39 bits per heavy atom. The summed E-state index contributed by atoms with van der Waals surface area (Å²) in [5, 5.41) is 13.3. The van der Waals surface area contributed by atoms with Gasteiger partial charge in [0.1, 0.15) is 0 Å². The number of nitrogens with zero attached hydrogens (tertiary/aromatic N) is 2. The smallest absolute Gasteiger partial charge is 0.322 e. The lowest BCUT2D eigenvalue weighted by molar-refractivity contribution is -0.0173. The maximum absolute atomic E-state index is 12.9. The summed E-state index contributed by atoms with van der Waals surface area (Å²) >= 11 is 6.08. The number of hydrogen-bond acceptors (Lipinski definition) is 4. The van der Waals surface area contributed by atoms with Crippen molar-refractivity contribution in [3.63, 3.8) is 0 Å². The van der Waals surface area contributed by atoms with Crippen LogP contribution in [-0.2, 0) is 0 Å². The van der Waals surface area contributed by atoms with Gasteiger partial charge in [0.25, 0.3) is 0 Å². The fourth-order valence-electron chi connectivity index (χ4n) is 3.67. The molecule has 1 aromatic rings. The zero-order chi connectivity index (χ0) is 21.1. The summed E-state index contributed by atoms with van der Waals surface area (Å²) in [6.07, 6.45) is 1.70. The third kappa shape index (κ3) is 5.59. The summed E-state index contributed by atoms with van der Waals surface area (Å²) < 4.78 is 0. The highest BCUT2D eigenvalue weighted by Crippen LogP contribution is 2.25. The van der Waals surface area contributed by atoms with Crippen LogP contribution in [0.5, 0.6) is 0 Å². The third-order valence-corrected chi connectivity index (χ3v) is 5.40. The number of benzene rings is 1. The van der Waals surface area contributed by atoms with E-state index in [1.54, 1.807) is 19.9 Å². The van der Waals surface area contributed by atoms with Gasteiger partial charge in [0, 0.05) is 37.4 Å². The van der Waals surface area contributed by atoms with Crippen molar-refractivity contribution in [1.82, 2.24) is 9.80 Å². The average molecular weight is 411 g/mol. The van der Waals surface area contributed by atoms with E-state index in [9.17, 15) is 14.7 Å². The van der Waals surface area contributed by atoms with Crippen LogP contribution in [0.2, 0.25) is 5.02 Å². The Labute approximate surface area is 171 Å². The lowest BCUT2D eigenvalue weighted by Gasteiger charge is -2.47. The number of aliphatic hydroxyl groups is 1. The van der Waals surface area contributed by atoms with Crippen LogP contribution in [0.3, 0.4) is 0 Å². The minimum Gasteiger partial charge on any atom is -0.389 e. The molecule has 2 atom stereocenters. The Morgan fingerprint density at radius 1 is 1.25 bits per heavy atom. The van der Waals surface area contributed by atoms with Crippen LogP contribution < -0.4 is 11.1 Å². The van der Waals surface area contributed by atoms with Gasteiger partial charge < -0.3 is 21.1 Å². The highest BCUT2D eigenvalue weighted by Gasteiger charge is 2.36. The van der Waals surface area contributed by atoms with E-state index in [-0.39, 0.29) is 28.7 Å². The minimum atomic E-state index is -0.783. The first kappa shape index (κ1) is 22.5. The molecule has 0 unspecified atom stereocenters. The van der Waals surface area contributed by atoms with Crippen LogP contribution in [0.25, 0.3) is 0 Å². The lowest BCUT2D eigenvalue weighted by atomic mass is 10.00. The van der Waals surface area contributed by atoms with Crippen molar-refractivity contribution in [2.45, 2.75) is 58.2 Å². The van der Waals surface area contributed by atoms with Crippen molar-refractivity contribution >= 4 is 29.2 Å². The zero-order valence-electron chi connectivity index (χ0n) is 17.0. The number of nitrogens with two attached hydrogens (primary N) is 1. The maximum Gasteiger partial charge on any atom is 0.322 e. The number of rotatable bonds is 6. The standard InChI is InChI=1S/C20H31ClN4O3/c1-5-14-11-25(15(6-2)10-24(14)12-20(3,4)28)19(27)23-13-7-8-16(18(22)26)17(21)9-13/h7-9,14-15,28H,5-6,10-12H2,1-4H3,(H2,22,26)(H,23,27)/t14-,15-/m0/s1. The third-order valence-electron chi connectivity index (χ3n) is 5.09. The van der Waals surface area contributed by atoms with E-state index in [1.807, 2.05) is 4.90 Å². The second-order valence-electron chi connectivity index (χ2n) is 8.01. The molecule has 0 aliphatic carbocycles. The van der Waals surface area contributed by atoms with Crippen LogP contribution in [-0.4, -0.2) is 64.2 Å². The molecule has 0 radical (unpaired) electrons. The number of amides is 3. The number of piperazine rings is 1. The average Bonchev–Trinajstić information content (AvgIpc) is 2.59. The molecule has 1 saturated heterocycles. The van der Waals surface area contributed by atoms with Gasteiger partial charge in [-0.3, -0.25) is 9.69 Å². The first-order valence-corrected chi connectivity index (χ1v) is 10.1. The Kier molecular flexibility index (Phi) is 7.31. The van der Waals surface area contributed by atoms with Gasteiger partial charge in [0.15, 0.2) is 0 Å². The highest BCUT2D eigenvalue weighted by atomic mass is 35.5. The normalized spacial score (nSPS) is 20.9. The van der Waals surface area contributed by atoms with E-state index in [4.69, 9.17) is 17.3 Å². The molecule has 0 saturated carbocycles. The van der Waals surface area contributed by atoms with Crippen molar-refractivity contribution < 1.29 is 14.7 Å². The van der Waals surface area contributed by atoms with Crippen LogP contribution >= 0.6 is 11.6 Å². The fraction of sp³-hybridized carbons (Fsp3) is 0.600. The van der Waals surface area contributed by atoms with E-state index >= 15 is 0 Å². The number of anilines is 1. The van der Waals surface area contributed by atoms with E-state index in [2.05, 4.69) is 24.1 Å². The first-order valence-electron chi connectivity index (χ1n) is 9.69. The molecule has 0 spiro atoms. The van der Waals surface area contributed by atoms with E-state index in [1.165, 1.54) is 12.1 Å². The first-order chi connectivity index (χ1) is 13.1. The molecule has 2 rings (SSSR count). The van der Waals surface area contributed by atoms with Crippen molar-refractivity contribution in [3.8, 4) is 0 Å². The summed E-state index contributed by atoms with van der Waals surface area (Å²) in [7, 11) is 0. The zero-order valence-corrected chi connectivity index (χ0v) is 17.8. The molecule has 7 nitrogen and oxygen atoms in total. The molecule has 8 heteroatoms. The monoisotopic (exact) mass is 410 g/mol. The predicted molar refractivity (Wildman–Crippen MR) is 112 cm³/mol. The summed E-state index contributed by atoms with van der Waals surface area (Å²) in [6, 6.07) is 4.69. The summed E-state index contributed by atoms with van der Waals surface area (Å²) in [5.41, 5.74) is 5.22. The van der Waals surface area contributed by atoms with Crippen LogP contribution in [0.1, 0.15) is 50.9 Å². The molecule has 1 heterocycles. The Hall–Kier alpha value is -1.83. The van der Waals surface area contributed by atoms with Gasteiger partial charge >= 0.3 is 6.03 Å². The van der Waals surface area contributed by atoms with Gasteiger partial charge in [-0.15, -0.1) is 0 Å². The topological polar surface area (TPSA) is 98.9 Å². The molecule has 3 amide bonds. The predicted octanol–water partition coefficient (Wildman–Crippen LogP) is 2.92. The van der Waals surface area contributed by atoms with Gasteiger partial charge in [-0.1, -0.05) is 25.4 Å². The molecule has 0 bridgehead atoms. The number of halogens is 1. The molecule has 1 fully saturated rings. The summed E-state index contributed by atoms with van der Waals surface area (Å²) in [5.74, 6) is -0.609.